The monoisotopic (exact) mass is 311 g/mol. The predicted molar refractivity (Wildman–Crippen MR) is 79.5 cm³/mol. The molecular formula is C11H19Cl2N3OS. The molecule has 1 aliphatic rings. The van der Waals surface area contributed by atoms with E-state index in [1.807, 2.05) is 18.7 Å². The summed E-state index contributed by atoms with van der Waals surface area (Å²) in [6, 6.07) is 0.382. The molecule has 1 N–H and O–H groups in total. The van der Waals surface area contributed by atoms with Crippen LogP contribution >= 0.6 is 36.2 Å². The van der Waals surface area contributed by atoms with Crippen molar-refractivity contribution < 1.29 is 4.79 Å². The summed E-state index contributed by atoms with van der Waals surface area (Å²) in [5.74, 6) is 0.136. The molecule has 2 heterocycles. The lowest BCUT2D eigenvalue weighted by Crippen LogP contribution is -2.51. The normalized spacial score (nSPS) is 18.8. The van der Waals surface area contributed by atoms with Crippen LogP contribution in [0.3, 0.4) is 0 Å². The van der Waals surface area contributed by atoms with Crippen LogP contribution in [0.25, 0.3) is 0 Å². The second kappa shape index (κ2) is 7.28. The SMILES string of the molecule is Cc1nc(C)c(C(=O)N2CCN[C@H](C)C2)s1.Cl.Cl. The molecule has 104 valence electrons. The van der Waals surface area contributed by atoms with Gasteiger partial charge in [0, 0.05) is 25.7 Å². The van der Waals surface area contributed by atoms with Crippen LogP contribution in [-0.4, -0.2) is 41.5 Å². The van der Waals surface area contributed by atoms with E-state index in [0.29, 0.717) is 6.04 Å². The van der Waals surface area contributed by atoms with Crippen LogP contribution in [0.1, 0.15) is 27.3 Å². The third kappa shape index (κ3) is 3.82. The number of carbonyl (C=O) groups is 1. The van der Waals surface area contributed by atoms with Crippen LogP contribution in [0.4, 0.5) is 0 Å². The molecule has 2 rings (SSSR count). The van der Waals surface area contributed by atoms with E-state index in [2.05, 4.69) is 17.2 Å². The van der Waals surface area contributed by atoms with E-state index >= 15 is 0 Å². The van der Waals surface area contributed by atoms with Crippen molar-refractivity contribution in [1.82, 2.24) is 15.2 Å². The minimum absolute atomic E-state index is 0. The molecule has 1 atom stereocenters. The van der Waals surface area contributed by atoms with Crippen LogP contribution in [0.5, 0.6) is 0 Å². The van der Waals surface area contributed by atoms with Gasteiger partial charge in [0.05, 0.1) is 10.7 Å². The van der Waals surface area contributed by atoms with Crippen LogP contribution in [0.2, 0.25) is 0 Å². The Morgan fingerprint density at radius 1 is 1.44 bits per heavy atom. The highest BCUT2D eigenvalue weighted by molar-refractivity contribution is 7.13. The van der Waals surface area contributed by atoms with Crippen molar-refractivity contribution in [2.45, 2.75) is 26.8 Å². The Morgan fingerprint density at radius 2 is 2.11 bits per heavy atom. The van der Waals surface area contributed by atoms with Crippen molar-refractivity contribution >= 4 is 42.1 Å². The van der Waals surface area contributed by atoms with E-state index in [1.54, 1.807) is 0 Å². The number of hydrogen-bond acceptors (Lipinski definition) is 4. The summed E-state index contributed by atoms with van der Waals surface area (Å²) in [5, 5.41) is 4.29. The summed E-state index contributed by atoms with van der Waals surface area (Å²) in [7, 11) is 0. The molecule has 0 unspecified atom stereocenters. The lowest BCUT2D eigenvalue weighted by Gasteiger charge is -2.31. The molecule has 0 bridgehead atoms. The zero-order valence-electron chi connectivity index (χ0n) is 10.7. The van der Waals surface area contributed by atoms with Crippen LogP contribution < -0.4 is 5.32 Å². The minimum Gasteiger partial charge on any atom is -0.335 e. The maximum atomic E-state index is 12.2. The van der Waals surface area contributed by atoms with Crippen molar-refractivity contribution in [3.8, 4) is 0 Å². The van der Waals surface area contributed by atoms with Gasteiger partial charge in [-0.25, -0.2) is 4.98 Å². The molecule has 0 saturated carbocycles. The number of nitrogens with zero attached hydrogens (tertiary/aromatic N) is 2. The Kier molecular flexibility index (Phi) is 7.14. The first-order valence-corrected chi connectivity index (χ1v) is 6.36. The summed E-state index contributed by atoms with van der Waals surface area (Å²) in [6.07, 6.45) is 0. The summed E-state index contributed by atoms with van der Waals surface area (Å²) < 4.78 is 0. The number of rotatable bonds is 1. The number of carbonyl (C=O) groups excluding carboxylic acids is 1. The smallest absolute Gasteiger partial charge is 0.265 e. The minimum atomic E-state index is 0. The van der Waals surface area contributed by atoms with Gasteiger partial charge < -0.3 is 10.2 Å². The van der Waals surface area contributed by atoms with Gasteiger partial charge in [-0.05, 0) is 20.8 Å². The van der Waals surface area contributed by atoms with Crippen molar-refractivity contribution in [1.29, 1.82) is 0 Å². The summed E-state index contributed by atoms with van der Waals surface area (Å²) >= 11 is 1.49. The van der Waals surface area contributed by atoms with Crippen LogP contribution in [0, 0.1) is 13.8 Å². The molecule has 4 nitrogen and oxygen atoms in total. The highest BCUT2D eigenvalue weighted by Gasteiger charge is 2.24. The zero-order valence-corrected chi connectivity index (χ0v) is 13.2. The second-order valence-corrected chi connectivity index (χ2v) is 5.46. The maximum absolute atomic E-state index is 12.2. The Balaban J connectivity index is 0.00000144. The van der Waals surface area contributed by atoms with Crippen molar-refractivity contribution in [3.05, 3.63) is 15.6 Å². The van der Waals surface area contributed by atoms with E-state index in [-0.39, 0.29) is 30.7 Å². The molecule has 1 fully saturated rings. The fourth-order valence-electron chi connectivity index (χ4n) is 1.99. The van der Waals surface area contributed by atoms with Gasteiger partial charge in [-0.15, -0.1) is 36.2 Å². The van der Waals surface area contributed by atoms with Gasteiger partial charge in [0.15, 0.2) is 0 Å². The number of thiazole rings is 1. The van der Waals surface area contributed by atoms with Gasteiger partial charge in [-0.1, -0.05) is 0 Å². The average Bonchev–Trinajstić information content (AvgIpc) is 2.57. The van der Waals surface area contributed by atoms with Gasteiger partial charge in [0.25, 0.3) is 5.91 Å². The number of nitrogens with one attached hydrogen (secondary N) is 1. The molecule has 7 heteroatoms. The van der Waals surface area contributed by atoms with Gasteiger partial charge in [-0.2, -0.15) is 0 Å². The maximum Gasteiger partial charge on any atom is 0.265 e. The Labute approximate surface area is 124 Å². The van der Waals surface area contributed by atoms with E-state index in [9.17, 15) is 4.79 Å². The van der Waals surface area contributed by atoms with Gasteiger partial charge in [0.2, 0.25) is 0 Å². The molecular weight excluding hydrogens is 293 g/mol. The molecule has 0 radical (unpaired) electrons. The molecule has 0 aliphatic carbocycles. The van der Waals surface area contributed by atoms with E-state index in [0.717, 1.165) is 35.2 Å². The highest BCUT2D eigenvalue weighted by atomic mass is 35.5. The predicted octanol–water partition coefficient (Wildman–Crippen LogP) is 2.04. The number of halogens is 2. The van der Waals surface area contributed by atoms with Crippen LogP contribution in [-0.2, 0) is 0 Å². The Morgan fingerprint density at radius 3 is 2.61 bits per heavy atom. The molecule has 0 spiro atoms. The molecule has 1 amide bonds. The molecule has 1 saturated heterocycles. The first kappa shape index (κ1) is 17.6. The largest absolute Gasteiger partial charge is 0.335 e. The topological polar surface area (TPSA) is 45.2 Å². The summed E-state index contributed by atoms with van der Waals surface area (Å²) in [5.41, 5.74) is 0.860. The fourth-order valence-corrected chi connectivity index (χ4v) is 2.88. The number of hydrogen-bond donors (Lipinski definition) is 1. The van der Waals surface area contributed by atoms with Gasteiger partial charge >= 0.3 is 0 Å². The van der Waals surface area contributed by atoms with Gasteiger partial charge in [-0.3, -0.25) is 4.79 Å². The fraction of sp³-hybridized carbons (Fsp3) is 0.636. The number of aryl methyl sites for hydroxylation is 2. The third-order valence-corrected chi connectivity index (χ3v) is 3.81. The second-order valence-electron chi connectivity index (χ2n) is 4.25. The van der Waals surface area contributed by atoms with E-state index in [4.69, 9.17) is 0 Å². The Hall–Kier alpha value is -0.360. The van der Waals surface area contributed by atoms with Crippen molar-refractivity contribution in [2.75, 3.05) is 19.6 Å². The van der Waals surface area contributed by atoms with Crippen molar-refractivity contribution in [2.24, 2.45) is 0 Å². The summed E-state index contributed by atoms with van der Waals surface area (Å²) in [4.78, 5) is 19.3. The third-order valence-electron chi connectivity index (χ3n) is 2.75. The molecule has 0 aromatic carbocycles. The number of aromatic nitrogens is 1. The van der Waals surface area contributed by atoms with Gasteiger partial charge in [0.1, 0.15) is 4.88 Å². The van der Waals surface area contributed by atoms with Crippen molar-refractivity contribution in [3.63, 3.8) is 0 Å². The van der Waals surface area contributed by atoms with E-state index in [1.165, 1.54) is 11.3 Å². The lowest BCUT2D eigenvalue weighted by atomic mass is 10.2. The first-order valence-electron chi connectivity index (χ1n) is 5.54. The quantitative estimate of drug-likeness (QED) is 0.863. The zero-order chi connectivity index (χ0) is 11.7. The number of amides is 1. The number of piperazine rings is 1. The summed E-state index contributed by atoms with van der Waals surface area (Å²) in [6.45, 7) is 8.40. The standard InChI is InChI=1S/C11H17N3OS.2ClH/c1-7-6-14(5-4-12-7)11(15)10-8(2)13-9(3)16-10;;/h7,12H,4-6H2,1-3H3;2*1H/t7-;;/m1../s1. The first-order chi connectivity index (χ1) is 7.58. The van der Waals surface area contributed by atoms with E-state index < -0.39 is 0 Å². The molecule has 1 aromatic heterocycles. The molecule has 1 aliphatic heterocycles. The van der Waals surface area contributed by atoms with Crippen LogP contribution in [0.15, 0.2) is 0 Å². The Bertz CT molecular complexity index is 411. The average molecular weight is 312 g/mol. The molecule has 18 heavy (non-hydrogen) atoms. The lowest BCUT2D eigenvalue weighted by molar-refractivity contribution is 0.0713. The highest BCUT2D eigenvalue weighted by Crippen LogP contribution is 2.19. The molecule has 1 aromatic rings.